The molecule has 6 nitrogen and oxygen atoms in total. The summed E-state index contributed by atoms with van der Waals surface area (Å²) in [6, 6.07) is 12.8. The Balaban J connectivity index is 2.23. The van der Waals surface area contributed by atoms with E-state index in [0.29, 0.717) is 5.69 Å². The predicted octanol–water partition coefficient (Wildman–Crippen LogP) is 3.51. The molecule has 1 amide bonds. The van der Waals surface area contributed by atoms with Gasteiger partial charge < -0.3 is 5.32 Å². The highest BCUT2D eigenvalue weighted by Gasteiger charge is 2.15. The van der Waals surface area contributed by atoms with Gasteiger partial charge in [0.05, 0.1) is 10.5 Å². The molecule has 6 heteroatoms. The van der Waals surface area contributed by atoms with Crippen molar-refractivity contribution >= 4 is 29.1 Å². The van der Waals surface area contributed by atoms with Crippen LogP contribution in [0, 0.1) is 17.0 Å². The zero-order chi connectivity index (χ0) is 17.7. The first-order chi connectivity index (χ1) is 11.4. The normalized spacial score (nSPS) is 11.0. The van der Waals surface area contributed by atoms with Gasteiger partial charge in [0.15, 0.2) is 5.78 Å². The van der Waals surface area contributed by atoms with Gasteiger partial charge in [-0.25, -0.2) is 0 Å². The van der Waals surface area contributed by atoms with Gasteiger partial charge in [-0.15, -0.1) is 0 Å². The van der Waals surface area contributed by atoms with Crippen LogP contribution in [0.15, 0.2) is 54.1 Å². The van der Waals surface area contributed by atoms with Gasteiger partial charge in [-0.2, -0.15) is 0 Å². The molecule has 0 aromatic heterocycles. The Bertz CT molecular complexity index is 823. The number of nitro benzene ring substituents is 1. The topological polar surface area (TPSA) is 89.3 Å². The fourth-order valence-electron chi connectivity index (χ4n) is 2.12. The van der Waals surface area contributed by atoms with Crippen LogP contribution in [-0.4, -0.2) is 16.6 Å². The number of Topliss-reactive ketones (excluding diaryl/α,β-unsaturated/α-hetero) is 1. The Morgan fingerprint density at radius 2 is 1.79 bits per heavy atom. The second-order valence-corrected chi connectivity index (χ2v) is 5.29. The van der Waals surface area contributed by atoms with Gasteiger partial charge in [-0.3, -0.25) is 19.7 Å². The minimum Gasteiger partial charge on any atom is -0.322 e. The van der Waals surface area contributed by atoms with E-state index in [-0.39, 0.29) is 17.0 Å². The molecule has 24 heavy (non-hydrogen) atoms. The average Bonchev–Trinajstić information content (AvgIpc) is 2.52. The number of nitro groups is 1. The van der Waals surface area contributed by atoms with Crippen molar-refractivity contribution in [3.63, 3.8) is 0 Å². The van der Waals surface area contributed by atoms with Crippen LogP contribution in [-0.2, 0) is 9.59 Å². The van der Waals surface area contributed by atoms with E-state index in [1.807, 2.05) is 25.1 Å². The van der Waals surface area contributed by atoms with Crippen LogP contribution in [0.2, 0.25) is 0 Å². The van der Waals surface area contributed by atoms with Gasteiger partial charge in [0.2, 0.25) is 0 Å². The van der Waals surface area contributed by atoms with Gasteiger partial charge >= 0.3 is 0 Å². The van der Waals surface area contributed by atoms with E-state index in [2.05, 4.69) is 5.32 Å². The summed E-state index contributed by atoms with van der Waals surface area (Å²) in [5.74, 6) is -0.922. The molecule has 0 saturated carbocycles. The first-order valence-corrected chi connectivity index (χ1v) is 7.22. The number of carbonyl (C=O) groups excluding carboxylic acids is 2. The molecule has 0 saturated heterocycles. The molecule has 2 aromatic rings. The zero-order valence-corrected chi connectivity index (χ0v) is 13.3. The number of nitrogens with one attached hydrogen (secondary N) is 1. The van der Waals surface area contributed by atoms with Crippen molar-refractivity contribution in [2.45, 2.75) is 13.8 Å². The molecule has 0 fully saturated rings. The summed E-state index contributed by atoms with van der Waals surface area (Å²) in [6.45, 7) is 3.23. The summed E-state index contributed by atoms with van der Waals surface area (Å²) < 4.78 is 0. The Labute approximate surface area is 139 Å². The van der Waals surface area contributed by atoms with E-state index in [0.717, 1.165) is 11.1 Å². The molecule has 0 radical (unpaired) electrons. The number of hydrogen-bond acceptors (Lipinski definition) is 4. The van der Waals surface area contributed by atoms with Crippen LogP contribution in [0.4, 0.5) is 11.4 Å². The van der Waals surface area contributed by atoms with Crippen molar-refractivity contribution in [2.75, 3.05) is 5.32 Å². The number of carbonyl (C=O) groups is 2. The Morgan fingerprint density at radius 1 is 1.12 bits per heavy atom. The highest BCUT2D eigenvalue weighted by Crippen LogP contribution is 2.17. The van der Waals surface area contributed by atoms with Crippen molar-refractivity contribution < 1.29 is 14.5 Å². The maximum atomic E-state index is 12.3. The molecule has 122 valence electrons. The third kappa shape index (κ3) is 4.36. The molecule has 0 aliphatic carbocycles. The molecule has 2 rings (SSSR count). The number of hydrogen-bond donors (Lipinski definition) is 1. The van der Waals surface area contributed by atoms with E-state index in [1.165, 1.54) is 37.3 Å². The SMILES string of the molecule is CC(=O)/C(=C\c1cccc(C)c1)C(=O)Nc1ccc([N+](=O)[O-])cc1. The standard InChI is InChI=1S/C18H16N2O4/c1-12-4-3-5-14(10-12)11-17(13(2)21)18(22)19-15-6-8-16(9-7-15)20(23)24/h3-11H,1-2H3,(H,19,22)/b17-11+. The molecule has 0 bridgehead atoms. The van der Waals surface area contributed by atoms with Gasteiger partial charge in [-0.1, -0.05) is 29.8 Å². The molecular formula is C18H16N2O4. The third-order valence-corrected chi connectivity index (χ3v) is 3.31. The number of anilines is 1. The molecule has 0 aliphatic heterocycles. The van der Waals surface area contributed by atoms with Crippen molar-refractivity contribution in [2.24, 2.45) is 0 Å². The minimum absolute atomic E-state index is 0.0129. The van der Waals surface area contributed by atoms with Crippen molar-refractivity contribution in [3.05, 3.63) is 75.3 Å². The number of non-ortho nitro benzene ring substituents is 1. The highest BCUT2D eigenvalue weighted by molar-refractivity contribution is 6.25. The monoisotopic (exact) mass is 324 g/mol. The molecule has 0 aliphatic rings. The summed E-state index contributed by atoms with van der Waals surface area (Å²) in [5.41, 5.74) is 2.08. The van der Waals surface area contributed by atoms with E-state index in [1.54, 1.807) is 6.07 Å². The van der Waals surface area contributed by atoms with E-state index < -0.39 is 10.8 Å². The highest BCUT2D eigenvalue weighted by atomic mass is 16.6. The Morgan fingerprint density at radius 3 is 2.33 bits per heavy atom. The van der Waals surface area contributed by atoms with Crippen LogP contribution < -0.4 is 5.32 Å². The van der Waals surface area contributed by atoms with Gasteiger partial charge in [0.25, 0.3) is 11.6 Å². The van der Waals surface area contributed by atoms with Gasteiger partial charge in [0.1, 0.15) is 0 Å². The lowest BCUT2D eigenvalue weighted by molar-refractivity contribution is -0.384. The van der Waals surface area contributed by atoms with Crippen LogP contribution in [0.3, 0.4) is 0 Å². The van der Waals surface area contributed by atoms with E-state index >= 15 is 0 Å². The lowest BCUT2D eigenvalue weighted by atomic mass is 10.1. The fraction of sp³-hybridized carbons (Fsp3) is 0.111. The second-order valence-electron chi connectivity index (χ2n) is 5.29. The van der Waals surface area contributed by atoms with Crippen molar-refractivity contribution in [1.29, 1.82) is 0 Å². The predicted molar refractivity (Wildman–Crippen MR) is 91.6 cm³/mol. The zero-order valence-electron chi connectivity index (χ0n) is 13.3. The molecule has 2 aromatic carbocycles. The summed E-state index contributed by atoms with van der Waals surface area (Å²) in [5, 5.41) is 13.2. The number of rotatable bonds is 5. The maximum Gasteiger partial charge on any atom is 0.269 e. The second kappa shape index (κ2) is 7.32. The first-order valence-electron chi connectivity index (χ1n) is 7.22. The first kappa shape index (κ1) is 17.1. The number of nitrogens with zero attached hydrogens (tertiary/aromatic N) is 1. The molecule has 0 spiro atoms. The number of benzene rings is 2. The molecule has 0 unspecified atom stereocenters. The van der Waals surface area contributed by atoms with Crippen LogP contribution in [0.5, 0.6) is 0 Å². The quantitative estimate of drug-likeness (QED) is 0.300. The summed E-state index contributed by atoms with van der Waals surface area (Å²) in [4.78, 5) is 34.2. The maximum absolute atomic E-state index is 12.3. The molecule has 0 heterocycles. The fourth-order valence-corrected chi connectivity index (χ4v) is 2.12. The smallest absolute Gasteiger partial charge is 0.269 e. The van der Waals surface area contributed by atoms with Gasteiger partial charge in [-0.05, 0) is 37.6 Å². The van der Waals surface area contributed by atoms with E-state index in [4.69, 9.17) is 0 Å². The minimum atomic E-state index is -0.558. The van der Waals surface area contributed by atoms with Crippen molar-refractivity contribution in [3.8, 4) is 0 Å². The summed E-state index contributed by atoms with van der Waals surface area (Å²) in [7, 11) is 0. The number of amides is 1. The van der Waals surface area contributed by atoms with Crippen LogP contribution >= 0.6 is 0 Å². The molecule has 1 N–H and O–H groups in total. The molecular weight excluding hydrogens is 308 g/mol. The largest absolute Gasteiger partial charge is 0.322 e. The Kier molecular flexibility index (Phi) is 5.21. The van der Waals surface area contributed by atoms with Gasteiger partial charge in [0, 0.05) is 17.8 Å². The lowest BCUT2D eigenvalue weighted by Gasteiger charge is -2.07. The van der Waals surface area contributed by atoms with Crippen molar-refractivity contribution in [1.82, 2.24) is 0 Å². The average molecular weight is 324 g/mol. The van der Waals surface area contributed by atoms with Crippen LogP contribution in [0.1, 0.15) is 18.1 Å². The lowest BCUT2D eigenvalue weighted by Crippen LogP contribution is -2.18. The number of ketones is 1. The summed E-state index contributed by atoms with van der Waals surface area (Å²) in [6.07, 6.45) is 1.52. The third-order valence-electron chi connectivity index (χ3n) is 3.31. The van der Waals surface area contributed by atoms with Crippen LogP contribution in [0.25, 0.3) is 6.08 Å². The number of aryl methyl sites for hydroxylation is 1. The Hall–Kier alpha value is -3.28. The van der Waals surface area contributed by atoms with E-state index in [9.17, 15) is 19.7 Å². The molecule has 0 atom stereocenters. The summed E-state index contributed by atoms with van der Waals surface area (Å²) >= 11 is 0.